The molecule has 0 saturated carbocycles. The molecule has 1 aromatic rings. The first kappa shape index (κ1) is 15.6. The van der Waals surface area contributed by atoms with Crippen LogP contribution in [0.4, 0.5) is 5.69 Å². The summed E-state index contributed by atoms with van der Waals surface area (Å²) in [4.78, 5) is 0.904. The van der Waals surface area contributed by atoms with Crippen molar-refractivity contribution in [3.8, 4) is 0 Å². The molecular formula is C13H20N2O3S2. The van der Waals surface area contributed by atoms with Gasteiger partial charge < -0.3 is 10.8 Å². The summed E-state index contributed by atoms with van der Waals surface area (Å²) in [5.74, 6) is 0.530. The highest BCUT2D eigenvalue weighted by Gasteiger charge is 2.27. The molecule has 1 heterocycles. The Morgan fingerprint density at radius 3 is 2.85 bits per heavy atom. The summed E-state index contributed by atoms with van der Waals surface area (Å²) >= 11 is 1.45. The summed E-state index contributed by atoms with van der Waals surface area (Å²) in [6.07, 6.45) is 0.872. The van der Waals surface area contributed by atoms with E-state index in [1.54, 1.807) is 6.07 Å². The second kappa shape index (κ2) is 6.80. The van der Waals surface area contributed by atoms with Gasteiger partial charge >= 0.3 is 0 Å². The van der Waals surface area contributed by atoms with Gasteiger partial charge in [0.2, 0.25) is 10.0 Å². The van der Waals surface area contributed by atoms with Crippen molar-refractivity contribution in [1.82, 2.24) is 4.31 Å². The quantitative estimate of drug-likeness (QED) is 0.629. The van der Waals surface area contributed by atoms with Crippen molar-refractivity contribution < 1.29 is 13.5 Å². The number of sulfonamides is 1. The van der Waals surface area contributed by atoms with Crippen molar-refractivity contribution in [3.05, 3.63) is 24.3 Å². The van der Waals surface area contributed by atoms with E-state index in [9.17, 15) is 13.5 Å². The third-order valence-corrected chi connectivity index (χ3v) is 6.46. The molecule has 1 aliphatic rings. The van der Waals surface area contributed by atoms with E-state index in [1.165, 1.54) is 16.1 Å². The fourth-order valence-electron chi connectivity index (χ4n) is 2.17. The third-order valence-electron chi connectivity index (χ3n) is 3.27. The van der Waals surface area contributed by atoms with E-state index in [1.807, 2.05) is 18.2 Å². The molecule has 3 N–H and O–H groups in total. The van der Waals surface area contributed by atoms with Crippen molar-refractivity contribution in [1.29, 1.82) is 0 Å². The van der Waals surface area contributed by atoms with Crippen LogP contribution in [0, 0.1) is 0 Å². The van der Waals surface area contributed by atoms with Gasteiger partial charge in [0, 0.05) is 29.4 Å². The Hall–Kier alpha value is -0.760. The summed E-state index contributed by atoms with van der Waals surface area (Å²) in [5, 5.41) is 9.55. The summed E-state index contributed by atoms with van der Waals surface area (Å²) in [7, 11) is -3.29. The van der Waals surface area contributed by atoms with Crippen LogP contribution in [-0.4, -0.2) is 48.5 Å². The second-order valence-electron chi connectivity index (χ2n) is 4.86. The Labute approximate surface area is 124 Å². The molecule has 1 atom stereocenters. The number of piperidine rings is 1. The van der Waals surface area contributed by atoms with E-state index in [4.69, 9.17) is 5.73 Å². The van der Waals surface area contributed by atoms with Crippen LogP contribution in [0.1, 0.15) is 12.8 Å². The van der Waals surface area contributed by atoms with E-state index in [0.29, 0.717) is 24.4 Å². The first-order valence-corrected chi connectivity index (χ1v) is 9.22. The monoisotopic (exact) mass is 316 g/mol. The highest BCUT2D eigenvalue weighted by atomic mass is 32.2. The van der Waals surface area contributed by atoms with Gasteiger partial charge in [0.1, 0.15) is 0 Å². The van der Waals surface area contributed by atoms with Crippen LogP contribution in [0.3, 0.4) is 0 Å². The van der Waals surface area contributed by atoms with Crippen LogP contribution in [0.2, 0.25) is 0 Å². The number of nitrogens with two attached hydrogens (primary N) is 1. The topological polar surface area (TPSA) is 83.6 Å². The fraction of sp³-hybridized carbons (Fsp3) is 0.538. The summed E-state index contributed by atoms with van der Waals surface area (Å²) in [6, 6.07) is 7.43. The lowest BCUT2D eigenvalue weighted by atomic mass is 10.1. The number of thioether (sulfide) groups is 1. The molecule has 0 amide bonds. The molecule has 0 aliphatic carbocycles. The summed E-state index contributed by atoms with van der Waals surface area (Å²) in [5.41, 5.74) is 6.49. The number of benzene rings is 1. The molecule has 2 rings (SSSR count). The lowest BCUT2D eigenvalue weighted by Gasteiger charge is -2.29. The molecule has 20 heavy (non-hydrogen) atoms. The molecule has 0 unspecified atom stereocenters. The van der Waals surface area contributed by atoms with E-state index in [-0.39, 0.29) is 12.3 Å². The standard InChI is InChI=1S/C13H20N2O3S2/c14-12-5-1-2-6-13(12)19-8-9-20(17,18)15-7-3-4-11(16)10-15/h1-2,5-6,11,16H,3-4,7-10,14H2/t11-/m0/s1. The number of β-amino-alcohol motifs (C(OH)–C–C–N with tert-alkyl or cyclic N) is 1. The molecule has 112 valence electrons. The van der Waals surface area contributed by atoms with Crippen molar-refractivity contribution >= 4 is 27.5 Å². The van der Waals surface area contributed by atoms with Crippen molar-refractivity contribution in [2.75, 3.05) is 30.3 Å². The fourth-order valence-corrected chi connectivity index (χ4v) is 5.04. The minimum Gasteiger partial charge on any atom is -0.398 e. The highest BCUT2D eigenvalue weighted by Crippen LogP contribution is 2.25. The molecule has 0 radical (unpaired) electrons. The van der Waals surface area contributed by atoms with Gasteiger partial charge in [-0.1, -0.05) is 12.1 Å². The number of hydrogen-bond acceptors (Lipinski definition) is 5. The van der Waals surface area contributed by atoms with Gasteiger partial charge in [0.25, 0.3) is 0 Å². The van der Waals surface area contributed by atoms with E-state index < -0.39 is 16.1 Å². The Morgan fingerprint density at radius 1 is 1.40 bits per heavy atom. The van der Waals surface area contributed by atoms with Crippen LogP contribution in [-0.2, 0) is 10.0 Å². The van der Waals surface area contributed by atoms with Crippen LogP contribution < -0.4 is 5.73 Å². The number of nitrogen functional groups attached to an aromatic ring is 1. The molecule has 1 saturated heterocycles. The van der Waals surface area contributed by atoms with Gasteiger partial charge in [-0.2, -0.15) is 4.31 Å². The lowest BCUT2D eigenvalue weighted by Crippen LogP contribution is -2.43. The first-order chi connectivity index (χ1) is 9.49. The average Bonchev–Trinajstić information content (AvgIpc) is 2.41. The Kier molecular flexibility index (Phi) is 5.31. The Balaban J connectivity index is 1.88. The predicted octanol–water partition coefficient (Wildman–Crippen LogP) is 1.15. The molecule has 7 heteroatoms. The molecule has 0 bridgehead atoms. The summed E-state index contributed by atoms with van der Waals surface area (Å²) in [6.45, 7) is 0.734. The van der Waals surface area contributed by atoms with Gasteiger partial charge in [0.05, 0.1) is 11.9 Å². The van der Waals surface area contributed by atoms with Crippen molar-refractivity contribution in [2.45, 2.75) is 23.8 Å². The third kappa shape index (κ3) is 4.12. The normalized spacial score (nSPS) is 20.9. The van der Waals surface area contributed by atoms with Crippen LogP contribution in [0.15, 0.2) is 29.2 Å². The number of anilines is 1. The SMILES string of the molecule is Nc1ccccc1SCCS(=O)(=O)N1CCC[C@H](O)C1. The summed E-state index contributed by atoms with van der Waals surface area (Å²) < 4.78 is 25.8. The number of rotatable bonds is 5. The van der Waals surface area contributed by atoms with Gasteiger partial charge in [-0.25, -0.2) is 8.42 Å². The van der Waals surface area contributed by atoms with Gasteiger partial charge in [-0.05, 0) is 25.0 Å². The van der Waals surface area contributed by atoms with Crippen molar-refractivity contribution in [3.63, 3.8) is 0 Å². The molecule has 1 aliphatic heterocycles. The van der Waals surface area contributed by atoms with Crippen LogP contribution in [0.25, 0.3) is 0 Å². The molecule has 0 aromatic heterocycles. The minimum absolute atomic E-state index is 0.0682. The maximum atomic E-state index is 12.2. The first-order valence-electron chi connectivity index (χ1n) is 6.62. The number of para-hydroxylation sites is 1. The molecule has 0 spiro atoms. The molecular weight excluding hydrogens is 296 g/mol. The predicted molar refractivity (Wildman–Crippen MR) is 82.2 cm³/mol. The minimum atomic E-state index is -3.29. The number of aliphatic hydroxyl groups is 1. The van der Waals surface area contributed by atoms with E-state index in [2.05, 4.69) is 0 Å². The molecule has 1 fully saturated rings. The smallest absolute Gasteiger partial charge is 0.215 e. The highest BCUT2D eigenvalue weighted by molar-refractivity contribution is 8.00. The second-order valence-corrected chi connectivity index (χ2v) is 8.08. The van der Waals surface area contributed by atoms with E-state index in [0.717, 1.165) is 11.3 Å². The van der Waals surface area contributed by atoms with Crippen molar-refractivity contribution in [2.24, 2.45) is 0 Å². The van der Waals surface area contributed by atoms with Crippen LogP contribution >= 0.6 is 11.8 Å². The maximum absolute atomic E-state index is 12.2. The maximum Gasteiger partial charge on any atom is 0.215 e. The zero-order chi connectivity index (χ0) is 14.6. The Bertz CT molecular complexity index is 548. The lowest BCUT2D eigenvalue weighted by molar-refractivity contribution is 0.108. The number of aliphatic hydroxyl groups excluding tert-OH is 1. The van der Waals surface area contributed by atoms with Crippen LogP contribution in [0.5, 0.6) is 0 Å². The van der Waals surface area contributed by atoms with Gasteiger partial charge in [-0.15, -0.1) is 11.8 Å². The van der Waals surface area contributed by atoms with E-state index >= 15 is 0 Å². The molecule has 1 aromatic carbocycles. The zero-order valence-corrected chi connectivity index (χ0v) is 12.9. The van der Waals surface area contributed by atoms with Gasteiger partial charge in [-0.3, -0.25) is 0 Å². The van der Waals surface area contributed by atoms with Gasteiger partial charge in [0.15, 0.2) is 0 Å². The Morgan fingerprint density at radius 2 is 2.15 bits per heavy atom. The number of hydrogen-bond donors (Lipinski definition) is 2. The number of nitrogens with zero attached hydrogens (tertiary/aromatic N) is 1. The average molecular weight is 316 g/mol. The zero-order valence-electron chi connectivity index (χ0n) is 11.2. The molecule has 5 nitrogen and oxygen atoms in total. The largest absolute Gasteiger partial charge is 0.398 e.